The average molecular weight is 337 g/mol. The molecule has 0 unspecified atom stereocenters. The lowest BCUT2D eigenvalue weighted by atomic mass is 10.2. The highest BCUT2D eigenvalue weighted by molar-refractivity contribution is 14.1. The lowest BCUT2D eigenvalue weighted by molar-refractivity contribution is 0.0956. The number of carbonyl (C=O) groups is 1. The summed E-state index contributed by atoms with van der Waals surface area (Å²) in [5.41, 5.74) is 1.07. The topological polar surface area (TPSA) is 29.1 Å². The Labute approximate surface area is 109 Å². The van der Waals surface area contributed by atoms with Crippen LogP contribution in [0.2, 0.25) is 0 Å². The van der Waals surface area contributed by atoms with E-state index in [-0.39, 0.29) is 5.91 Å². The van der Waals surface area contributed by atoms with Crippen molar-refractivity contribution in [2.24, 2.45) is 0 Å². The Hall–Kier alpha value is -0.100. The fourth-order valence-corrected chi connectivity index (χ4v) is 2.66. The van der Waals surface area contributed by atoms with E-state index < -0.39 is 0 Å². The molecule has 1 aromatic heterocycles. The molecule has 4 heteroatoms. The fourth-order valence-electron chi connectivity index (χ4n) is 1.28. The van der Waals surface area contributed by atoms with Crippen molar-refractivity contribution in [2.45, 2.75) is 26.2 Å². The van der Waals surface area contributed by atoms with Gasteiger partial charge in [-0.2, -0.15) is 0 Å². The molecule has 1 N–H and O–H groups in total. The maximum atomic E-state index is 11.7. The van der Waals surface area contributed by atoms with Gasteiger partial charge in [0.05, 0.1) is 4.88 Å². The van der Waals surface area contributed by atoms with Crippen LogP contribution in [0, 0.1) is 6.92 Å². The number of halogens is 1. The maximum Gasteiger partial charge on any atom is 0.261 e. The number of amides is 1. The number of thiophene rings is 1. The summed E-state index contributed by atoms with van der Waals surface area (Å²) in [6, 6.07) is 1.98. The van der Waals surface area contributed by atoms with Gasteiger partial charge in [0.2, 0.25) is 0 Å². The number of carbonyl (C=O) groups excluding carboxylic acids is 1. The monoisotopic (exact) mass is 337 g/mol. The molecule has 0 atom stereocenters. The Morgan fingerprint density at radius 2 is 2.27 bits per heavy atom. The van der Waals surface area contributed by atoms with Gasteiger partial charge >= 0.3 is 0 Å². The first-order chi connectivity index (χ1) is 7.25. The predicted octanol–water partition coefficient (Wildman–Crippen LogP) is 3.39. The second-order valence-electron chi connectivity index (χ2n) is 3.44. The second kappa shape index (κ2) is 7.22. The highest BCUT2D eigenvalue weighted by Crippen LogP contribution is 2.14. The summed E-state index contributed by atoms with van der Waals surface area (Å²) < 4.78 is 1.20. The summed E-state index contributed by atoms with van der Waals surface area (Å²) in [7, 11) is 0. The van der Waals surface area contributed by atoms with Gasteiger partial charge in [-0.3, -0.25) is 4.79 Å². The summed E-state index contributed by atoms with van der Waals surface area (Å²) in [4.78, 5) is 12.5. The molecule has 84 valence electrons. The van der Waals surface area contributed by atoms with Crippen LogP contribution in [0.4, 0.5) is 0 Å². The Balaban J connectivity index is 2.22. The molecule has 1 heterocycles. The number of hydrogen-bond donors (Lipinski definition) is 1. The third kappa shape index (κ3) is 4.51. The number of aryl methyl sites for hydroxylation is 1. The predicted molar refractivity (Wildman–Crippen MR) is 74.1 cm³/mol. The van der Waals surface area contributed by atoms with Gasteiger partial charge in [0.15, 0.2) is 0 Å². The Morgan fingerprint density at radius 1 is 1.47 bits per heavy atom. The molecule has 0 bridgehead atoms. The van der Waals surface area contributed by atoms with Crippen LogP contribution in [-0.4, -0.2) is 16.9 Å². The number of hydrogen-bond acceptors (Lipinski definition) is 2. The molecule has 0 spiro atoms. The number of alkyl halides is 1. The van der Waals surface area contributed by atoms with Crippen LogP contribution in [0.3, 0.4) is 0 Å². The van der Waals surface area contributed by atoms with E-state index in [1.807, 2.05) is 18.4 Å². The van der Waals surface area contributed by atoms with E-state index in [1.165, 1.54) is 28.6 Å². The van der Waals surface area contributed by atoms with Crippen molar-refractivity contribution >= 4 is 39.8 Å². The van der Waals surface area contributed by atoms with Crippen molar-refractivity contribution in [3.63, 3.8) is 0 Å². The molecule has 15 heavy (non-hydrogen) atoms. The van der Waals surface area contributed by atoms with E-state index >= 15 is 0 Å². The first kappa shape index (κ1) is 13.0. The van der Waals surface area contributed by atoms with Crippen molar-refractivity contribution in [1.29, 1.82) is 0 Å². The first-order valence-corrected chi connectivity index (χ1v) is 7.54. The number of unbranched alkanes of at least 4 members (excludes halogenated alkanes) is 2. The van der Waals surface area contributed by atoms with Gasteiger partial charge in [0, 0.05) is 6.54 Å². The molecule has 0 aliphatic rings. The minimum atomic E-state index is 0.0805. The summed E-state index contributed by atoms with van der Waals surface area (Å²) in [6.07, 6.45) is 3.53. The van der Waals surface area contributed by atoms with Crippen LogP contribution in [0.25, 0.3) is 0 Å². The SMILES string of the molecule is Cc1ccsc1C(=O)NCCCCCI. The highest BCUT2D eigenvalue weighted by Gasteiger charge is 2.08. The van der Waals surface area contributed by atoms with Crippen molar-refractivity contribution in [2.75, 3.05) is 11.0 Å². The maximum absolute atomic E-state index is 11.7. The molecular weight excluding hydrogens is 321 g/mol. The van der Waals surface area contributed by atoms with Gasteiger partial charge in [-0.1, -0.05) is 29.0 Å². The second-order valence-corrected chi connectivity index (χ2v) is 5.43. The third-order valence-electron chi connectivity index (χ3n) is 2.16. The Bertz CT molecular complexity index is 311. The molecule has 1 aromatic rings. The molecule has 0 aromatic carbocycles. The van der Waals surface area contributed by atoms with E-state index in [2.05, 4.69) is 27.9 Å². The quantitative estimate of drug-likeness (QED) is 0.481. The minimum absolute atomic E-state index is 0.0805. The number of nitrogens with one attached hydrogen (secondary N) is 1. The lowest BCUT2D eigenvalue weighted by Crippen LogP contribution is -2.24. The summed E-state index contributed by atoms with van der Waals surface area (Å²) in [6.45, 7) is 2.77. The van der Waals surface area contributed by atoms with Gasteiger partial charge in [-0.05, 0) is 41.2 Å². The van der Waals surface area contributed by atoms with Crippen LogP contribution in [-0.2, 0) is 0 Å². The number of rotatable bonds is 6. The summed E-state index contributed by atoms with van der Waals surface area (Å²) in [5, 5.41) is 4.91. The smallest absolute Gasteiger partial charge is 0.261 e. The van der Waals surface area contributed by atoms with Crippen LogP contribution < -0.4 is 5.32 Å². The average Bonchev–Trinajstić information content (AvgIpc) is 2.64. The molecule has 0 aliphatic heterocycles. The van der Waals surface area contributed by atoms with Gasteiger partial charge < -0.3 is 5.32 Å². The van der Waals surface area contributed by atoms with Crippen molar-refractivity contribution in [1.82, 2.24) is 5.32 Å². The Morgan fingerprint density at radius 3 is 2.87 bits per heavy atom. The highest BCUT2D eigenvalue weighted by atomic mass is 127. The zero-order chi connectivity index (χ0) is 11.1. The first-order valence-electron chi connectivity index (χ1n) is 5.14. The molecule has 0 saturated carbocycles. The zero-order valence-electron chi connectivity index (χ0n) is 8.88. The van der Waals surface area contributed by atoms with Gasteiger partial charge in [-0.25, -0.2) is 0 Å². The summed E-state index contributed by atoms with van der Waals surface area (Å²) in [5.74, 6) is 0.0805. The fraction of sp³-hybridized carbons (Fsp3) is 0.545. The van der Waals surface area contributed by atoms with Crippen LogP contribution in [0.15, 0.2) is 11.4 Å². The van der Waals surface area contributed by atoms with Gasteiger partial charge in [0.1, 0.15) is 0 Å². The van der Waals surface area contributed by atoms with Gasteiger partial charge in [-0.15, -0.1) is 11.3 Å². The molecule has 0 aliphatic carbocycles. The molecule has 0 radical (unpaired) electrons. The van der Waals surface area contributed by atoms with Crippen molar-refractivity contribution < 1.29 is 4.79 Å². The lowest BCUT2D eigenvalue weighted by Gasteiger charge is -2.03. The largest absolute Gasteiger partial charge is 0.351 e. The molecule has 2 nitrogen and oxygen atoms in total. The Kier molecular flexibility index (Phi) is 6.24. The minimum Gasteiger partial charge on any atom is -0.351 e. The molecule has 0 fully saturated rings. The van der Waals surface area contributed by atoms with Gasteiger partial charge in [0.25, 0.3) is 5.91 Å². The van der Waals surface area contributed by atoms with Crippen LogP contribution in [0.5, 0.6) is 0 Å². The summed E-state index contributed by atoms with van der Waals surface area (Å²) >= 11 is 3.89. The van der Waals surface area contributed by atoms with Crippen LogP contribution >= 0.6 is 33.9 Å². The standard InChI is InChI=1S/C11H16INOS/c1-9-5-8-15-10(9)11(14)13-7-4-2-3-6-12/h5,8H,2-4,6-7H2,1H3,(H,13,14). The molecule has 1 rings (SSSR count). The third-order valence-corrected chi connectivity index (χ3v) is 3.94. The normalized spacial score (nSPS) is 10.3. The van der Waals surface area contributed by atoms with E-state index in [1.54, 1.807) is 0 Å². The molecular formula is C11H16INOS. The van der Waals surface area contributed by atoms with Crippen LogP contribution in [0.1, 0.15) is 34.5 Å². The molecule has 0 saturated heterocycles. The molecule has 1 amide bonds. The van der Waals surface area contributed by atoms with E-state index in [0.717, 1.165) is 23.4 Å². The van der Waals surface area contributed by atoms with Crippen molar-refractivity contribution in [3.05, 3.63) is 21.9 Å². The van der Waals surface area contributed by atoms with E-state index in [9.17, 15) is 4.79 Å². The van der Waals surface area contributed by atoms with E-state index in [0.29, 0.717) is 0 Å². The van der Waals surface area contributed by atoms with Crippen molar-refractivity contribution in [3.8, 4) is 0 Å². The zero-order valence-corrected chi connectivity index (χ0v) is 11.9. The van der Waals surface area contributed by atoms with E-state index in [4.69, 9.17) is 0 Å².